The highest BCUT2D eigenvalue weighted by Gasteiger charge is 2.27. The van der Waals surface area contributed by atoms with Crippen molar-refractivity contribution in [2.24, 2.45) is 10.3 Å². The molecule has 0 aliphatic rings. The third-order valence-corrected chi connectivity index (χ3v) is 4.43. The first kappa shape index (κ1) is 25.5. The van der Waals surface area contributed by atoms with Crippen molar-refractivity contribution in [2.45, 2.75) is 58.7 Å². The predicted molar refractivity (Wildman–Crippen MR) is 109 cm³/mol. The summed E-state index contributed by atoms with van der Waals surface area (Å²) in [5, 5.41) is 38.8. The Morgan fingerprint density at radius 3 is 2.40 bits per heavy atom. The fraction of sp³-hybridized carbons (Fsp3) is 0.667. The molecule has 1 aromatic heterocycles. The van der Waals surface area contributed by atoms with E-state index in [9.17, 15) is 15.3 Å². The van der Waals surface area contributed by atoms with Crippen LogP contribution in [0.4, 0.5) is 5.88 Å². The first-order valence-electron chi connectivity index (χ1n) is 9.45. The quantitative estimate of drug-likeness (QED) is 0.114. The van der Waals surface area contributed by atoms with E-state index in [0.29, 0.717) is 25.3 Å². The van der Waals surface area contributed by atoms with Crippen LogP contribution >= 0.6 is 0 Å². The molecule has 4 N–H and O–H groups in total. The molecule has 1 aromatic rings. The number of nitro groups is 1. The lowest BCUT2D eigenvalue weighted by atomic mass is 9.96. The average Bonchev–Trinajstić information content (AvgIpc) is 3.14. The average molecular weight is 429 g/mol. The molecule has 0 atom stereocenters. The number of hydroxylamine groups is 1. The molecular weight excluding hydrogens is 398 g/mol. The van der Waals surface area contributed by atoms with E-state index in [1.807, 2.05) is 20.8 Å². The lowest BCUT2D eigenvalue weighted by Gasteiger charge is -2.28. The molecule has 0 aliphatic carbocycles. The molecule has 0 aromatic carbocycles. The lowest BCUT2D eigenvalue weighted by molar-refractivity contribution is -0.402. The Balaban J connectivity index is 2.42. The van der Waals surface area contributed by atoms with Crippen molar-refractivity contribution < 1.29 is 29.3 Å². The Bertz CT molecular complexity index is 743. The molecule has 0 aliphatic heterocycles. The third kappa shape index (κ3) is 7.71. The van der Waals surface area contributed by atoms with Gasteiger partial charge < -0.3 is 24.9 Å². The van der Waals surface area contributed by atoms with Gasteiger partial charge >= 0.3 is 5.88 Å². The largest absolute Gasteiger partial charge is 0.433 e. The first-order valence-corrected chi connectivity index (χ1v) is 9.45. The summed E-state index contributed by atoms with van der Waals surface area (Å²) in [5.74, 6) is -0.0827. The fourth-order valence-corrected chi connectivity index (χ4v) is 2.57. The maximum absolute atomic E-state index is 10.6. The molecule has 0 fully saturated rings. The number of nitrogens with zero attached hydrogens (tertiary/aromatic N) is 3. The second-order valence-corrected chi connectivity index (χ2v) is 7.56. The lowest BCUT2D eigenvalue weighted by Crippen LogP contribution is -2.51. The summed E-state index contributed by atoms with van der Waals surface area (Å²) in [7, 11) is 0. The number of ether oxygens (including phenoxy) is 1. The zero-order valence-electron chi connectivity index (χ0n) is 18.0. The minimum Gasteiger partial charge on any atom is -0.411 e. The van der Waals surface area contributed by atoms with Gasteiger partial charge in [0.1, 0.15) is 23.0 Å². The Hall–Kier alpha value is -2.54. The van der Waals surface area contributed by atoms with Crippen LogP contribution in [0.3, 0.4) is 0 Å². The molecule has 12 nitrogen and oxygen atoms in total. The fourth-order valence-electron chi connectivity index (χ4n) is 2.57. The molecule has 12 heteroatoms. The van der Waals surface area contributed by atoms with Crippen molar-refractivity contribution in [1.82, 2.24) is 10.8 Å². The van der Waals surface area contributed by atoms with Gasteiger partial charge in [-0.05, 0) is 40.2 Å². The summed E-state index contributed by atoms with van der Waals surface area (Å²) in [6.45, 7) is 9.92. The summed E-state index contributed by atoms with van der Waals surface area (Å²) in [5.41, 5.74) is 2.38. The zero-order valence-corrected chi connectivity index (χ0v) is 18.0. The van der Waals surface area contributed by atoms with Gasteiger partial charge in [0.05, 0.1) is 36.1 Å². The molecule has 1 rings (SSSR count). The molecule has 0 unspecified atom stereocenters. The van der Waals surface area contributed by atoms with Gasteiger partial charge in [-0.25, -0.2) is 0 Å². The molecule has 0 amide bonds. The third-order valence-electron chi connectivity index (χ3n) is 4.43. The van der Waals surface area contributed by atoms with Crippen LogP contribution in [0.2, 0.25) is 0 Å². The number of rotatable bonds is 14. The second-order valence-electron chi connectivity index (χ2n) is 7.56. The minimum atomic E-state index is -0.847. The Labute approximate surface area is 175 Å². The van der Waals surface area contributed by atoms with Crippen molar-refractivity contribution in [3.05, 3.63) is 28.0 Å². The molecule has 1 heterocycles. The van der Waals surface area contributed by atoms with Crippen LogP contribution in [0.5, 0.6) is 0 Å². The molecule has 170 valence electrons. The molecule has 0 bridgehead atoms. The number of oxime groups is 2. The molecule has 0 saturated heterocycles. The number of nitrogens with one attached hydrogen (secondary N) is 2. The summed E-state index contributed by atoms with van der Waals surface area (Å²) >= 11 is 0. The van der Waals surface area contributed by atoms with E-state index < -0.39 is 16.0 Å². The van der Waals surface area contributed by atoms with Gasteiger partial charge in [0.15, 0.2) is 0 Å². The van der Waals surface area contributed by atoms with Crippen LogP contribution in [0.1, 0.15) is 46.8 Å². The maximum atomic E-state index is 10.6. The van der Waals surface area contributed by atoms with Gasteiger partial charge in [-0.2, -0.15) is 5.48 Å². The molecule has 0 spiro atoms. The van der Waals surface area contributed by atoms with Crippen LogP contribution in [0, 0.1) is 10.1 Å². The van der Waals surface area contributed by atoms with E-state index in [4.69, 9.17) is 19.2 Å². The van der Waals surface area contributed by atoms with Crippen molar-refractivity contribution in [1.29, 1.82) is 0 Å². The first-order chi connectivity index (χ1) is 14.1. The van der Waals surface area contributed by atoms with E-state index in [2.05, 4.69) is 21.1 Å². The van der Waals surface area contributed by atoms with Gasteiger partial charge in [0, 0.05) is 6.54 Å². The van der Waals surface area contributed by atoms with Gasteiger partial charge in [0.25, 0.3) is 0 Å². The monoisotopic (exact) mass is 429 g/mol. The number of hydrogen-bond donors (Lipinski definition) is 4. The maximum Gasteiger partial charge on any atom is 0.433 e. The van der Waals surface area contributed by atoms with Gasteiger partial charge in [-0.15, -0.1) is 0 Å². The highest BCUT2D eigenvalue weighted by molar-refractivity contribution is 5.93. The van der Waals surface area contributed by atoms with E-state index in [1.54, 1.807) is 13.8 Å². The topological polar surface area (TPSA) is 164 Å². The Kier molecular flexibility index (Phi) is 9.85. The van der Waals surface area contributed by atoms with E-state index >= 15 is 0 Å². The zero-order chi connectivity index (χ0) is 22.8. The summed E-state index contributed by atoms with van der Waals surface area (Å²) in [6, 6.07) is 2.69. The Morgan fingerprint density at radius 1 is 1.20 bits per heavy atom. The van der Waals surface area contributed by atoms with Crippen molar-refractivity contribution in [3.8, 4) is 0 Å². The van der Waals surface area contributed by atoms with Crippen molar-refractivity contribution in [2.75, 3.05) is 19.8 Å². The van der Waals surface area contributed by atoms with Crippen LogP contribution in [-0.4, -0.2) is 57.6 Å². The second kappa shape index (κ2) is 11.6. The van der Waals surface area contributed by atoms with Gasteiger partial charge in [-0.3, -0.25) is 15.0 Å². The molecule has 30 heavy (non-hydrogen) atoms. The van der Waals surface area contributed by atoms with Crippen molar-refractivity contribution >= 4 is 17.3 Å². The predicted octanol–water partition coefficient (Wildman–Crippen LogP) is 2.44. The summed E-state index contributed by atoms with van der Waals surface area (Å²) in [6.07, 6.45) is 0.615. The summed E-state index contributed by atoms with van der Waals surface area (Å²) < 4.78 is 10.4. The van der Waals surface area contributed by atoms with E-state index in [1.165, 1.54) is 12.1 Å². The van der Waals surface area contributed by atoms with Crippen LogP contribution < -0.4 is 10.8 Å². The number of hydrogen-bond acceptors (Lipinski definition) is 11. The number of furan rings is 1. The summed E-state index contributed by atoms with van der Waals surface area (Å²) in [4.78, 5) is 15.4. The smallest absolute Gasteiger partial charge is 0.411 e. The normalized spacial score (nSPS) is 13.6. The standard InChI is InChI=1S/C18H31N5O7/c1-6-14(20-24)17(2,3)19-9-10-29-22-18(4,5)15(21-25)12-28-11-13-7-8-16(30-13)23(26)27/h7-8,19,22,24-25H,6,9-12H2,1-5H3/b20-14+,21-15+. The highest BCUT2D eigenvalue weighted by Crippen LogP contribution is 2.16. The van der Waals surface area contributed by atoms with Crippen LogP contribution in [-0.2, 0) is 16.2 Å². The highest BCUT2D eigenvalue weighted by atomic mass is 16.7. The van der Waals surface area contributed by atoms with E-state index in [0.717, 1.165) is 0 Å². The van der Waals surface area contributed by atoms with Gasteiger partial charge in [-0.1, -0.05) is 17.2 Å². The van der Waals surface area contributed by atoms with E-state index in [-0.39, 0.29) is 30.6 Å². The molecule has 0 saturated carbocycles. The van der Waals surface area contributed by atoms with Crippen LogP contribution in [0.15, 0.2) is 26.9 Å². The minimum absolute atomic E-state index is 0.0189. The van der Waals surface area contributed by atoms with Crippen molar-refractivity contribution in [3.63, 3.8) is 0 Å². The molecular formula is C18H31N5O7. The SMILES string of the molecule is CC/C(=N\O)C(C)(C)NCCONC(C)(C)/C(COCc1ccc([N+](=O)[O-])o1)=N/O. The molecule has 0 radical (unpaired) electrons. The van der Waals surface area contributed by atoms with Gasteiger partial charge in [0.2, 0.25) is 0 Å². The van der Waals surface area contributed by atoms with Crippen LogP contribution in [0.25, 0.3) is 0 Å². The Morgan fingerprint density at radius 2 is 1.87 bits per heavy atom.